The number of carbonyl (C=O) groups is 2. The first-order valence-electron chi connectivity index (χ1n) is 17.8. The third kappa shape index (κ3) is 13.4. The lowest BCUT2D eigenvalue weighted by atomic mass is 9.73. The highest BCUT2D eigenvalue weighted by atomic mass is 32.1. The molecule has 0 aromatic carbocycles. The van der Waals surface area contributed by atoms with Gasteiger partial charge in [0.25, 0.3) is 0 Å². The van der Waals surface area contributed by atoms with E-state index in [4.69, 9.17) is 8.85 Å². The minimum absolute atomic E-state index is 0.0391. The van der Waals surface area contributed by atoms with Gasteiger partial charge in [-0.05, 0) is 87.4 Å². The van der Waals surface area contributed by atoms with Gasteiger partial charge in [-0.3, -0.25) is 9.59 Å². The number of Topliss-reactive ketones (excluding diaryl/α,β-unsaturated/α-hetero) is 1. The summed E-state index contributed by atoms with van der Waals surface area (Å²) in [5, 5.41) is 23.4. The molecule has 280 valence electrons. The third-order valence-electron chi connectivity index (χ3n) is 10.8. The minimum atomic E-state index is -2.38. The van der Waals surface area contributed by atoms with E-state index in [2.05, 4.69) is 105 Å². The molecule has 0 amide bonds. The van der Waals surface area contributed by atoms with Crippen LogP contribution in [0.5, 0.6) is 0 Å². The van der Waals surface area contributed by atoms with E-state index in [1.54, 1.807) is 11.3 Å². The van der Waals surface area contributed by atoms with Gasteiger partial charge in [-0.15, -0.1) is 11.3 Å². The number of aliphatic hydroxyl groups is 1. The van der Waals surface area contributed by atoms with Gasteiger partial charge in [0.15, 0.2) is 16.6 Å². The number of aliphatic hydroxyl groups excluding tert-OH is 1. The van der Waals surface area contributed by atoms with Crippen LogP contribution in [-0.4, -0.2) is 61.9 Å². The fourth-order valence-corrected chi connectivity index (χ4v) is 8.61. The van der Waals surface area contributed by atoms with Gasteiger partial charge in [0, 0.05) is 16.7 Å². The second-order valence-corrected chi connectivity index (χ2v) is 28.2. The van der Waals surface area contributed by atoms with Crippen molar-refractivity contribution in [2.24, 2.45) is 17.3 Å². The van der Waals surface area contributed by atoms with Gasteiger partial charge in [-0.2, -0.15) is 0 Å². The molecule has 5 atom stereocenters. The van der Waals surface area contributed by atoms with Gasteiger partial charge in [0.1, 0.15) is 5.78 Å². The van der Waals surface area contributed by atoms with Gasteiger partial charge in [0.05, 0.1) is 35.4 Å². The summed E-state index contributed by atoms with van der Waals surface area (Å²) < 4.78 is 13.7. The summed E-state index contributed by atoms with van der Waals surface area (Å²) >= 11 is 1.60. The lowest BCUT2D eigenvalue weighted by molar-refractivity contribution is -0.146. The highest BCUT2D eigenvalue weighted by Gasteiger charge is 2.49. The van der Waals surface area contributed by atoms with E-state index in [-0.39, 0.29) is 28.2 Å². The molecule has 1 rings (SSSR count). The molecule has 1 heterocycles. The van der Waals surface area contributed by atoms with E-state index in [0.29, 0.717) is 12.8 Å². The van der Waals surface area contributed by atoms with E-state index in [9.17, 15) is 19.8 Å². The summed E-state index contributed by atoms with van der Waals surface area (Å²) in [6.45, 7) is 35.2. The lowest BCUT2D eigenvalue weighted by Gasteiger charge is -2.46. The van der Waals surface area contributed by atoms with Crippen LogP contribution in [-0.2, 0) is 18.4 Å². The highest BCUT2D eigenvalue weighted by molar-refractivity contribution is 7.09. The zero-order valence-electron chi connectivity index (χ0n) is 33.8. The normalized spacial score (nSPS) is 17.6. The monoisotopic (exact) mass is 735 g/mol. The fourth-order valence-electron chi connectivity index (χ4n) is 5.15. The Kier molecular flexibility index (Phi) is 16.4. The second kappa shape index (κ2) is 17.7. The van der Waals surface area contributed by atoms with Crippen molar-refractivity contribution in [1.29, 1.82) is 0 Å². The number of ketones is 1. The predicted octanol–water partition coefficient (Wildman–Crippen LogP) is 10.6. The SMILES string of the molecule is C/C(=C/C[C@H](O)/C(C)=C/c1csc(C)n1)C/C=C\[C@H](C)[C@H](O[Si](C)(C)C(C)(C)C)[C@@H](C)C(=O)C(C)(C)[C@H](CC(=O)O)O[Si](C)(C)C(C)(C)C. The molecule has 0 unspecified atom stereocenters. The zero-order valence-corrected chi connectivity index (χ0v) is 36.6. The van der Waals surface area contributed by atoms with E-state index in [0.717, 1.165) is 21.8 Å². The second-order valence-electron chi connectivity index (χ2n) is 17.7. The Bertz CT molecular complexity index is 1350. The summed E-state index contributed by atoms with van der Waals surface area (Å²) in [7, 11) is -4.67. The van der Waals surface area contributed by atoms with E-state index in [1.165, 1.54) is 0 Å². The Balaban J connectivity index is 3.30. The molecule has 0 saturated carbocycles. The molecular formula is C39H69NO6SSi2. The van der Waals surface area contributed by atoms with Gasteiger partial charge < -0.3 is 19.1 Å². The van der Waals surface area contributed by atoms with Crippen molar-refractivity contribution in [3.63, 3.8) is 0 Å². The molecule has 0 radical (unpaired) electrons. The van der Waals surface area contributed by atoms with Crippen LogP contribution in [0.2, 0.25) is 36.3 Å². The molecule has 0 spiro atoms. The summed E-state index contributed by atoms with van der Waals surface area (Å²) in [6.07, 6.45) is 7.55. The first kappa shape index (κ1) is 45.3. The fraction of sp³-hybridized carbons (Fsp3) is 0.718. The number of rotatable bonds is 18. The van der Waals surface area contributed by atoms with Crippen LogP contribution in [0.4, 0.5) is 0 Å². The van der Waals surface area contributed by atoms with Gasteiger partial charge in [-0.1, -0.05) is 93.0 Å². The standard InChI is InChI=1S/C39H69NO6SSi2/c1-26(21-22-32(41)28(3)23-31-25-47-30(5)40-31)19-18-20-27(2)35(46-49(16,17)38(9,10)11)29(4)36(44)39(12,13)33(24-34(42)43)45-48(14,15)37(6,7)8/h18,20-21,23,25,27,29,32-33,35,41H,19,22,24H2,1-17H3,(H,42,43)/b20-18-,26-21-,28-23+/t27-,29+,32-,33-,35-/m0/s1. The quantitative estimate of drug-likeness (QED) is 0.114. The number of hydrogen-bond acceptors (Lipinski definition) is 7. The van der Waals surface area contributed by atoms with Crippen LogP contribution in [0, 0.1) is 24.2 Å². The van der Waals surface area contributed by atoms with Crippen LogP contribution >= 0.6 is 11.3 Å². The highest BCUT2D eigenvalue weighted by Crippen LogP contribution is 2.43. The number of hydrogen-bond donors (Lipinski definition) is 2. The minimum Gasteiger partial charge on any atom is -0.481 e. The number of aromatic nitrogens is 1. The molecule has 7 nitrogen and oxygen atoms in total. The van der Waals surface area contributed by atoms with Crippen molar-refractivity contribution in [2.75, 3.05) is 0 Å². The first-order chi connectivity index (χ1) is 22.0. The third-order valence-corrected chi connectivity index (χ3v) is 20.6. The summed E-state index contributed by atoms with van der Waals surface area (Å²) in [4.78, 5) is 31.0. The summed E-state index contributed by atoms with van der Waals surface area (Å²) in [6, 6.07) is 0. The van der Waals surface area contributed by atoms with Crippen LogP contribution in [0.1, 0.15) is 113 Å². The molecule has 1 aromatic rings. The topological polar surface area (TPSA) is 106 Å². The van der Waals surface area contributed by atoms with Gasteiger partial charge in [0.2, 0.25) is 0 Å². The number of carboxylic acid groups (broad SMARTS) is 1. The van der Waals surface area contributed by atoms with E-state index in [1.807, 2.05) is 46.1 Å². The smallest absolute Gasteiger partial charge is 0.305 e. The van der Waals surface area contributed by atoms with E-state index >= 15 is 0 Å². The summed E-state index contributed by atoms with van der Waals surface area (Å²) in [5.74, 6) is -1.58. The van der Waals surface area contributed by atoms with Crippen LogP contribution in [0.3, 0.4) is 0 Å². The molecule has 2 N–H and O–H groups in total. The maximum atomic E-state index is 14.5. The molecule has 0 saturated heterocycles. The number of aryl methyl sites for hydroxylation is 1. The molecule has 0 aliphatic heterocycles. The van der Waals surface area contributed by atoms with Crippen LogP contribution in [0.25, 0.3) is 6.08 Å². The van der Waals surface area contributed by atoms with Crippen molar-refractivity contribution in [2.45, 2.75) is 164 Å². The molecule has 1 aromatic heterocycles. The largest absolute Gasteiger partial charge is 0.481 e. The average molecular weight is 736 g/mol. The van der Waals surface area contributed by atoms with Crippen molar-refractivity contribution in [3.05, 3.63) is 45.5 Å². The number of aliphatic carboxylic acids is 1. The van der Waals surface area contributed by atoms with Crippen molar-refractivity contribution < 1.29 is 28.7 Å². The number of allylic oxidation sites excluding steroid dienone is 2. The molecular weight excluding hydrogens is 667 g/mol. The van der Waals surface area contributed by atoms with Crippen molar-refractivity contribution >= 4 is 45.8 Å². The van der Waals surface area contributed by atoms with Gasteiger partial charge in [-0.25, -0.2) is 4.98 Å². The summed E-state index contributed by atoms with van der Waals surface area (Å²) in [5.41, 5.74) is 1.86. The number of carboxylic acids is 1. The molecule has 0 bridgehead atoms. The van der Waals surface area contributed by atoms with Crippen molar-refractivity contribution in [1.82, 2.24) is 4.98 Å². The van der Waals surface area contributed by atoms with Gasteiger partial charge >= 0.3 is 5.97 Å². The Hall–Kier alpha value is -1.70. The zero-order chi connectivity index (χ0) is 38.3. The Morgan fingerprint density at radius 1 is 0.959 bits per heavy atom. The first-order valence-corrected chi connectivity index (χ1v) is 24.5. The Labute approximate surface area is 305 Å². The molecule has 49 heavy (non-hydrogen) atoms. The molecule has 0 fully saturated rings. The Morgan fingerprint density at radius 2 is 1.49 bits per heavy atom. The average Bonchev–Trinajstić information content (AvgIpc) is 3.35. The molecule has 10 heteroatoms. The van der Waals surface area contributed by atoms with E-state index < -0.39 is 52.2 Å². The number of thiazole rings is 1. The predicted molar refractivity (Wildman–Crippen MR) is 212 cm³/mol. The number of nitrogens with zero attached hydrogens (tertiary/aromatic N) is 1. The van der Waals surface area contributed by atoms with Crippen LogP contribution in [0.15, 0.2) is 34.8 Å². The lowest BCUT2D eigenvalue weighted by Crippen LogP contribution is -2.54. The molecule has 0 aliphatic carbocycles. The molecule has 0 aliphatic rings. The van der Waals surface area contributed by atoms with Crippen LogP contribution < -0.4 is 0 Å². The van der Waals surface area contributed by atoms with Crippen molar-refractivity contribution in [3.8, 4) is 0 Å². The maximum absolute atomic E-state index is 14.5. The number of carbonyl (C=O) groups excluding carboxylic acids is 1. The Morgan fingerprint density at radius 3 is 1.96 bits per heavy atom. The maximum Gasteiger partial charge on any atom is 0.305 e.